The lowest BCUT2D eigenvalue weighted by Crippen LogP contribution is -2.51. The van der Waals surface area contributed by atoms with Crippen molar-refractivity contribution in [3.8, 4) is 5.75 Å². The van der Waals surface area contributed by atoms with E-state index in [9.17, 15) is 13.2 Å². The molecule has 0 N–H and O–H groups in total. The fraction of sp³-hybridized carbons (Fsp3) is 0.409. The summed E-state index contributed by atoms with van der Waals surface area (Å²) in [5, 5.41) is 0. The van der Waals surface area contributed by atoms with E-state index in [-0.39, 0.29) is 5.91 Å². The third kappa shape index (κ3) is 4.72. The lowest BCUT2D eigenvalue weighted by atomic mass is 9.99. The molecule has 0 saturated carbocycles. The van der Waals surface area contributed by atoms with Crippen molar-refractivity contribution in [2.75, 3.05) is 23.7 Å². The van der Waals surface area contributed by atoms with E-state index >= 15 is 0 Å². The minimum atomic E-state index is -3.65. The molecule has 7 heteroatoms. The molecule has 0 radical (unpaired) electrons. The Balaban J connectivity index is 1.89. The molecule has 1 heterocycles. The highest BCUT2D eigenvalue weighted by molar-refractivity contribution is 7.92. The zero-order valence-corrected chi connectivity index (χ0v) is 18.0. The van der Waals surface area contributed by atoms with Gasteiger partial charge in [0.05, 0.1) is 18.6 Å². The average Bonchev–Trinajstić information content (AvgIpc) is 2.71. The van der Waals surface area contributed by atoms with Crippen LogP contribution in [0.15, 0.2) is 48.5 Å². The molecule has 0 bridgehead atoms. The first-order valence-electron chi connectivity index (χ1n) is 9.93. The van der Waals surface area contributed by atoms with Crippen molar-refractivity contribution >= 4 is 21.6 Å². The van der Waals surface area contributed by atoms with Crippen LogP contribution < -0.4 is 9.04 Å². The first-order valence-corrected chi connectivity index (χ1v) is 11.8. The first kappa shape index (κ1) is 21.2. The van der Waals surface area contributed by atoms with E-state index in [1.54, 1.807) is 29.2 Å². The second-order valence-corrected chi connectivity index (χ2v) is 9.05. The number of sulfonamides is 1. The zero-order chi connectivity index (χ0) is 21.0. The van der Waals surface area contributed by atoms with Crippen LogP contribution in [0.5, 0.6) is 5.75 Å². The number of hydrogen-bond donors (Lipinski definition) is 0. The van der Waals surface area contributed by atoms with Crippen LogP contribution in [-0.4, -0.2) is 44.7 Å². The molecule has 1 aliphatic rings. The topological polar surface area (TPSA) is 66.9 Å². The zero-order valence-electron chi connectivity index (χ0n) is 17.2. The molecule has 0 fully saturated rings. The maximum absolute atomic E-state index is 13.4. The summed E-state index contributed by atoms with van der Waals surface area (Å²) in [7, 11) is -3.65. The molecule has 1 unspecified atom stereocenters. The number of amides is 1. The summed E-state index contributed by atoms with van der Waals surface area (Å²) in [4.78, 5) is 15.1. The molecule has 0 aromatic heterocycles. The van der Waals surface area contributed by atoms with Crippen molar-refractivity contribution in [2.45, 2.75) is 39.3 Å². The van der Waals surface area contributed by atoms with E-state index in [4.69, 9.17) is 4.74 Å². The Hall–Kier alpha value is -2.54. The van der Waals surface area contributed by atoms with E-state index in [2.05, 4.69) is 6.07 Å². The number of fused-ring (bicyclic) bond motifs is 1. The number of rotatable bonds is 7. The van der Waals surface area contributed by atoms with Gasteiger partial charge in [-0.2, -0.15) is 0 Å². The number of anilines is 1. The summed E-state index contributed by atoms with van der Waals surface area (Å²) in [6.07, 6.45) is 2.31. The van der Waals surface area contributed by atoms with Gasteiger partial charge in [0.2, 0.25) is 15.9 Å². The molecule has 156 valence electrons. The first-order chi connectivity index (χ1) is 13.8. The van der Waals surface area contributed by atoms with Crippen LogP contribution in [0.2, 0.25) is 0 Å². The SMILES string of the molecule is CCOc1ccc(N(C(CC)C(=O)N2CCc3ccccc3C2)S(C)(=O)=O)cc1. The standard InChI is InChI=1S/C22H28N2O4S/c1-4-21(22(25)23-15-14-17-8-6-7-9-18(17)16-23)24(29(3,26)27)19-10-12-20(13-11-19)28-5-2/h6-13,21H,4-5,14-16H2,1-3H3. The van der Waals surface area contributed by atoms with Gasteiger partial charge in [-0.1, -0.05) is 31.2 Å². The third-order valence-electron chi connectivity index (χ3n) is 5.16. The molecule has 1 aliphatic heterocycles. The third-order valence-corrected chi connectivity index (χ3v) is 6.34. The average molecular weight is 417 g/mol. The summed E-state index contributed by atoms with van der Waals surface area (Å²) >= 11 is 0. The number of ether oxygens (including phenoxy) is 1. The highest BCUT2D eigenvalue weighted by atomic mass is 32.2. The van der Waals surface area contributed by atoms with Crippen LogP contribution in [-0.2, 0) is 27.8 Å². The van der Waals surface area contributed by atoms with Crippen LogP contribution in [0.25, 0.3) is 0 Å². The Labute approximate surface area is 173 Å². The van der Waals surface area contributed by atoms with Gasteiger partial charge < -0.3 is 9.64 Å². The van der Waals surface area contributed by atoms with Gasteiger partial charge in [0.1, 0.15) is 11.8 Å². The highest BCUT2D eigenvalue weighted by Crippen LogP contribution is 2.27. The molecule has 6 nitrogen and oxygen atoms in total. The van der Waals surface area contributed by atoms with E-state index < -0.39 is 16.1 Å². The lowest BCUT2D eigenvalue weighted by molar-refractivity contribution is -0.133. The maximum Gasteiger partial charge on any atom is 0.246 e. The predicted octanol–water partition coefficient (Wildman–Crippen LogP) is 3.21. The fourth-order valence-electron chi connectivity index (χ4n) is 3.79. The second-order valence-electron chi connectivity index (χ2n) is 7.19. The monoisotopic (exact) mass is 416 g/mol. The predicted molar refractivity (Wildman–Crippen MR) is 115 cm³/mol. The molecule has 1 atom stereocenters. The Morgan fingerprint density at radius 1 is 1.10 bits per heavy atom. The summed E-state index contributed by atoms with van der Waals surface area (Å²) in [5.41, 5.74) is 2.83. The number of nitrogens with zero attached hydrogens (tertiary/aromatic N) is 2. The molecule has 0 spiro atoms. The van der Waals surface area contributed by atoms with Crippen LogP contribution >= 0.6 is 0 Å². The van der Waals surface area contributed by atoms with Gasteiger partial charge in [0, 0.05) is 13.1 Å². The van der Waals surface area contributed by atoms with Gasteiger partial charge in [-0.3, -0.25) is 9.10 Å². The number of benzene rings is 2. The van der Waals surface area contributed by atoms with Crippen molar-refractivity contribution in [2.24, 2.45) is 0 Å². The summed E-state index contributed by atoms with van der Waals surface area (Å²) in [6.45, 7) is 5.35. The maximum atomic E-state index is 13.4. The molecule has 1 amide bonds. The van der Waals surface area contributed by atoms with Crippen molar-refractivity contribution in [1.29, 1.82) is 0 Å². The van der Waals surface area contributed by atoms with E-state index in [1.165, 1.54) is 9.87 Å². The molecule has 3 rings (SSSR count). The van der Waals surface area contributed by atoms with Crippen LogP contribution in [0.1, 0.15) is 31.4 Å². The quantitative estimate of drug-likeness (QED) is 0.695. The normalized spacial score (nSPS) is 14.8. The van der Waals surface area contributed by atoms with Gasteiger partial charge in [0.25, 0.3) is 0 Å². The molecule has 0 aliphatic carbocycles. The number of hydrogen-bond acceptors (Lipinski definition) is 4. The second kappa shape index (κ2) is 8.86. The van der Waals surface area contributed by atoms with E-state index in [1.807, 2.05) is 32.0 Å². The summed E-state index contributed by atoms with van der Waals surface area (Å²) in [5.74, 6) is 0.498. The van der Waals surface area contributed by atoms with Gasteiger partial charge in [-0.15, -0.1) is 0 Å². The van der Waals surface area contributed by atoms with Crippen molar-refractivity contribution in [3.63, 3.8) is 0 Å². The van der Waals surface area contributed by atoms with Crippen molar-refractivity contribution in [1.82, 2.24) is 4.90 Å². The van der Waals surface area contributed by atoms with Gasteiger partial charge in [-0.05, 0) is 55.2 Å². The molecule has 0 saturated heterocycles. The smallest absolute Gasteiger partial charge is 0.246 e. The van der Waals surface area contributed by atoms with E-state index in [0.29, 0.717) is 37.6 Å². The van der Waals surface area contributed by atoms with E-state index in [0.717, 1.165) is 18.2 Å². The molecular weight excluding hydrogens is 388 g/mol. The van der Waals surface area contributed by atoms with Crippen molar-refractivity contribution in [3.05, 3.63) is 59.7 Å². The van der Waals surface area contributed by atoms with Crippen LogP contribution in [0, 0.1) is 0 Å². The van der Waals surface area contributed by atoms with Crippen LogP contribution in [0.3, 0.4) is 0 Å². The van der Waals surface area contributed by atoms with Gasteiger partial charge in [0.15, 0.2) is 0 Å². The molecular formula is C22H28N2O4S. The Bertz CT molecular complexity index is 957. The highest BCUT2D eigenvalue weighted by Gasteiger charge is 2.35. The largest absolute Gasteiger partial charge is 0.494 e. The number of carbonyl (C=O) groups is 1. The fourth-order valence-corrected chi connectivity index (χ4v) is 5.00. The Kier molecular flexibility index (Phi) is 6.47. The number of carbonyl (C=O) groups excluding carboxylic acids is 1. The summed E-state index contributed by atoms with van der Waals surface area (Å²) < 4.78 is 32.0. The minimum Gasteiger partial charge on any atom is -0.494 e. The van der Waals surface area contributed by atoms with Gasteiger partial charge in [-0.25, -0.2) is 8.42 Å². The lowest BCUT2D eigenvalue weighted by Gasteiger charge is -2.36. The Morgan fingerprint density at radius 3 is 2.34 bits per heavy atom. The molecule has 2 aromatic rings. The van der Waals surface area contributed by atoms with Crippen molar-refractivity contribution < 1.29 is 17.9 Å². The van der Waals surface area contributed by atoms with Gasteiger partial charge >= 0.3 is 0 Å². The summed E-state index contributed by atoms with van der Waals surface area (Å²) in [6, 6.07) is 14.1. The Morgan fingerprint density at radius 2 is 1.76 bits per heavy atom. The molecule has 2 aromatic carbocycles. The van der Waals surface area contributed by atoms with Crippen LogP contribution in [0.4, 0.5) is 5.69 Å². The molecule has 29 heavy (non-hydrogen) atoms. The minimum absolute atomic E-state index is 0.165.